The summed E-state index contributed by atoms with van der Waals surface area (Å²) < 4.78 is 9.07. The van der Waals surface area contributed by atoms with Gasteiger partial charge in [-0.25, -0.2) is 4.98 Å². The molecule has 6 heteroatoms. The largest absolute Gasteiger partial charge is 0.509 e. The minimum Gasteiger partial charge on any atom is -0.509 e. The zero-order chi connectivity index (χ0) is 56.1. The molecule has 0 spiro atoms. The molecule has 2 aromatic heterocycles. The molecule has 0 saturated heterocycles. The molecule has 4 bridgehead atoms. The van der Waals surface area contributed by atoms with Crippen LogP contribution in [0.15, 0.2) is 194 Å². The van der Waals surface area contributed by atoms with Crippen LogP contribution in [0.25, 0.3) is 38.8 Å². The van der Waals surface area contributed by atoms with Crippen molar-refractivity contribution >= 4 is 44.6 Å². The van der Waals surface area contributed by atoms with Gasteiger partial charge in [-0.15, -0.1) is 48.1 Å². The Kier molecular flexibility index (Phi) is 12.3. The third kappa shape index (κ3) is 8.46. The minimum atomic E-state index is -0.120. The average molecular weight is 1260 g/mol. The topological polar surface area (TPSA) is 33.5 Å². The van der Waals surface area contributed by atoms with Crippen LogP contribution >= 0.6 is 0 Å². The Labute approximate surface area is 503 Å². The van der Waals surface area contributed by atoms with Gasteiger partial charge in [0.05, 0.1) is 0 Å². The maximum absolute atomic E-state index is 6.85. The van der Waals surface area contributed by atoms with Crippen molar-refractivity contribution in [1.82, 2.24) is 9.55 Å². The SMILES string of the molecule is Cc1cc(-n2c3[c-]c(Oc4[c-]c(N5[CH-]N(c6cc(C(C)(C)C)cc7c6C6c8cc(C(C)(C)C)ccc8C7C7c8ccccc8C6c6ccccc67)c6ccccc65)ccc4)ccc3c3ccccc32)ncc1-c1ccc(C(C)(C)C)cc1.[Pt]. The zero-order valence-electron chi connectivity index (χ0n) is 48.9. The third-order valence-corrected chi connectivity index (χ3v) is 18.4. The molecule has 2 unspecified atom stereocenters. The summed E-state index contributed by atoms with van der Waals surface area (Å²) in [5.74, 6) is 2.48. The number of fused-ring (bicyclic) bond motifs is 4. The molecule has 11 aromatic rings. The van der Waals surface area contributed by atoms with Gasteiger partial charge in [0.15, 0.2) is 0 Å². The summed E-state index contributed by atoms with van der Waals surface area (Å²) in [5, 5.41) is 2.22. The van der Waals surface area contributed by atoms with Crippen molar-refractivity contribution in [3.63, 3.8) is 0 Å². The van der Waals surface area contributed by atoms with Crippen molar-refractivity contribution in [2.24, 2.45) is 0 Å². The number of aromatic nitrogens is 2. The number of anilines is 4. The fourth-order valence-electron chi connectivity index (χ4n) is 14.3. The van der Waals surface area contributed by atoms with Crippen molar-refractivity contribution in [2.75, 3.05) is 9.80 Å². The normalized spacial score (nSPS) is 17.6. The molecule has 414 valence electrons. The van der Waals surface area contributed by atoms with Crippen LogP contribution in [-0.2, 0) is 37.3 Å². The second-order valence-electron chi connectivity index (χ2n) is 26.5. The first kappa shape index (κ1) is 53.1. The number of ether oxygens (including phenoxy) is 1. The Bertz CT molecular complexity index is 4370. The first-order valence-corrected chi connectivity index (χ1v) is 29.2. The standard InChI is InChI=1S/C77H67N4O.Pt/c1-46-38-69(78-44-63(46)47-30-32-48(33-31-47)75(2,3)4)81-64-27-16-15-22-54(64)55-37-35-53(43-67(55)81)82-52-21-19-20-51(42-52)79-45-80(66-29-18-17-28-65(66)79)68-41-50(77(8,9)10)40-62-72-60-36-34-49(76(5,6)7)39-61(60)74(73(62)68)71-58-25-13-11-23-56(58)70(72)57-24-12-14-26-59(57)71;/h11-41,44-45,70-72,74H,1-10H3;/q-3;. The summed E-state index contributed by atoms with van der Waals surface area (Å²) in [7, 11) is 0. The molecule has 18 rings (SSSR count). The number of benzene rings is 9. The van der Waals surface area contributed by atoms with Crippen molar-refractivity contribution < 1.29 is 25.8 Å². The van der Waals surface area contributed by atoms with Gasteiger partial charge in [0.1, 0.15) is 5.82 Å². The van der Waals surface area contributed by atoms with Crippen LogP contribution in [0.5, 0.6) is 11.5 Å². The van der Waals surface area contributed by atoms with E-state index in [9.17, 15) is 0 Å². The number of aryl methyl sites for hydroxylation is 1. The van der Waals surface area contributed by atoms with Gasteiger partial charge in [0.2, 0.25) is 0 Å². The summed E-state index contributed by atoms with van der Waals surface area (Å²) in [5.41, 5.74) is 25.4. The minimum absolute atomic E-state index is 0. The maximum atomic E-state index is 6.85. The summed E-state index contributed by atoms with van der Waals surface area (Å²) in [6, 6.07) is 77.8. The molecule has 5 nitrogen and oxygen atoms in total. The van der Waals surface area contributed by atoms with Crippen molar-refractivity contribution in [3.8, 4) is 28.4 Å². The fraction of sp³-hybridized carbons (Fsp3) is 0.221. The van der Waals surface area contributed by atoms with Crippen LogP contribution < -0.4 is 14.5 Å². The maximum Gasteiger partial charge on any atom is 0.135 e. The molecule has 83 heavy (non-hydrogen) atoms. The smallest absolute Gasteiger partial charge is 0.135 e. The quantitative estimate of drug-likeness (QED) is 0.155. The van der Waals surface area contributed by atoms with Gasteiger partial charge in [-0.1, -0.05) is 195 Å². The number of rotatable bonds is 6. The number of para-hydroxylation sites is 3. The molecule has 0 amide bonds. The van der Waals surface area contributed by atoms with E-state index >= 15 is 0 Å². The molecular weight excluding hydrogens is 1190 g/mol. The van der Waals surface area contributed by atoms with Gasteiger partial charge in [-0.3, -0.25) is 0 Å². The first-order valence-electron chi connectivity index (χ1n) is 29.2. The van der Waals surface area contributed by atoms with Crippen LogP contribution in [0, 0.1) is 25.7 Å². The molecule has 0 saturated carbocycles. The summed E-state index contributed by atoms with van der Waals surface area (Å²) in [6.07, 6.45) is 2.01. The van der Waals surface area contributed by atoms with Gasteiger partial charge < -0.3 is 19.1 Å². The number of hydrogen-bond donors (Lipinski definition) is 0. The summed E-state index contributed by atoms with van der Waals surface area (Å²) in [4.78, 5) is 9.93. The Morgan fingerprint density at radius 1 is 0.458 bits per heavy atom. The van der Waals surface area contributed by atoms with Crippen molar-refractivity contribution in [2.45, 2.75) is 109 Å². The van der Waals surface area contributed by atoms with Gasteiger partial charge in [0.25, 0.3) is 0 Å². The predicted molar refractivity (Wildman–Crippen MR) is 337 cm³/mol. The second-order valence-corrected chi connectivity index (χ2v) is 26.5. The van der Waals surface area contributed by atoms with Crippen LogP contribution in [0.3, 0.4) is 0 Å². The molecule has 3 heterocycles. The summed E-state index contributed by atoms with van der Waals surface area (Å²) in [6.45, 7) is 25.4. The van der Waals surface area contributed by atoms with E-state index in [1.807, 2.05) is 18.3 Å². The molecule has 6 aliphatic carbocycles. The second kappa shape index (κ2) is 19.3. The van der Waals surface area contributed by atoms with E-state index in [1.54, 1.807) is 0 Å². The molecule has 7 aliphatic rings. The van der Waals surface area contributed by atoms with Crippen molar-refractivity contribution in [1.29, 1.82) is 0 Å². The monoisotopic (exact) mass is 1260 g/mol. The van der Waals surface area contributed by atoms with Gasteiger partial charge >= 0.3 is 0 Å². The number of nitrogens with zero attached hydrogens (tertiary/aromatic N) is 4. The Morgan fingerprint density at radius 2 is 1.02 bits per heavy atom. The summed E-state index contributed by atoms with van der Waals surface area (Å²) >= 11 is 0. The Balaban J connectivity index is 0.00000614. The molecule has 0 N–H and O–H groups in total. The van der Waals surface area contributed by atoms with Crippen molar-refractivity contribution in [3.05, 3.63) is 280 Å². The predicted octanol–water partition coefficient (Wildman–Crippen LogP) is 19.7. The van der Waals surface area contributed by atoms with E-state index in [0.717, 1.165) is 61.4 Å². The van der Waals surface area contributed by atoms with E-state index in [1.165, 1.54) is 66.9 Å². The van der Waals surface area contributed by atoms with Crippen LogP contribution in [0.1, 0.15) is 153 Å². The molecule has 2 atom stereocenters. The van der Waals surface area contributed by atoms with Gasteiger partial charge in [0, 0.05) is 90.6 Å². The van der Waals surface area contributed by atoms with Crippen LogP contribution in [0.2, 0.25) is 0 Å². The molecular formula is C77H67N4OPt-3. The van der Waals surface area contributed by atoms with E-state index in [-0.39, 0.29) is 61.0 Å². The molecule has 9 aromatic carbocycles. The van der Waals surface area contributed by atoms with Crippen LogP contribution in [0.4, 0.5) is 22.7 Å². The molecule has 0 fully saturated rings. The first-order chi connectivity index (χ1) is 39.5. The average Bonchev–Trinajstić information content (AvgIpc) is 1.18. The fourth-order valence-corrected chi connectivity index (χ4v) is 14.3. The van der Waals surface area contributed by atoms with Crippen LogP contribution in [-0.4, -0.2) is 9.55 Å². The van der Waals surface area contributed by atoms with E-state index in [2.05, 4.69) is 278 Å². The van der Waals surface area contributed by atoms with E-state index in [4.69, 9.17) is 9.72 Å². The number of hydrogen-bond acceptors (Lipinski definition) is 4. The Morgan fingerprint density at radius 3 is 1.69 bits per heavy atom. The molecule has 0 radical (unpaired) electrons. The third-order valence-electron chi connectivity index (χ3n) is 18.4. The number of pyridine rings is 1. The van der Waals surface area contributed by atoms with Gasteiger partial charge in [-0.2, -0.15) is 12.1 Å². The Hall–Kier alpha value is -7.98. The molecule has 1 aliphatic heterocycles. The van der Waals surface area contributed by atoms with E-state index in [0.29, 0.717) is 11.5 Å². The van der Waals surface area contributed by atoms with E-state index < -0.39 is 0 Å². The zero-order valence-corrected chi connectivity index (χ0v) is 51.1. The van der Waals surface area contributed by atoms with Gasteiger partial charge in [-0.05, 0) is 131 Å².